The summed E-state index contributed by atoms with van der Waals surface area (Å²) in [6.45, 7) is 6.57. The average molecular weight is 365 g/mol. The van der Waals surface area contributed by atoms with E-state index in [-0.39, 0.29) is 49.1 Å². The fourth-order valence-electron chi connectivity index (χ4n) is 1.76. The Morgan fingerprint density at radius 2 is 1.96 bits per heavy atom. The molecule has 0 saturated carbocycles. The fraction of sp³-hybridized carbons (Fsp3) is 0.533. The first-order valence-corrected chi connectivity index (χ1v) is 7.16. The van der Waals surface area contributed by atoms with Gasteiger partial charge in [-0.25, -0.2) is 0 Å². The van der Waals surface area contributed by atoms with Gasteiger partial charge in [0, 0.05) is 12.7 Å². The number of hydrogen-bond donors (Lipinski definition) is 2. The van der Waals surface area contributed by atoms with Crippen molar-refractivity contribution in [2.45, 2.75) is 33.4 Å². The molecule has 6 nitrogen and oxygen atoms in total. The van der Waals surface area contributed by atoms with Crippen molar-refractivity contribution < 1.29 is 9.59 Å². The smallest absolute Gasteiger partial charge is 0.242 e. The van der Waals surface area contributed by atoms with E-state index in [1.807, 2.05) is 39.0 Å². The van der Waals surface area contributed by atoms with Gasteiger partial charge < -0.3 is 16.0 Å². The number of nitrogens with two attached hydrogens (primary N) is 1. The Morgan fingerprint density at radius 1 is 1.30 bits per heavy atom. The van der Waals surface area contributed by atoms with E-state index in [2.05, 4.69) is 10.3 Å². The quantitative estimate of drug-likeness (QED) is 0.764. The molecule has 0 fully saturated rings. The van der Waals surface area contributed by atoms with Crippen LogP contribution >= 0.6 is 24.8 Å². The van der Waals surface area contributed by atoms with Crippen molar-refractivity contribution in [1.29, 1.82) is 0 Å². The van der Waals surface area contributed by atoms with Crippen LogP contribution in [0.15, 0.2) is 24.4 Å². The molecule has 1 aromatic rings. The van der Waals surface area contributed by atoms with Crippen LogP contribution in [0.1, 0.15) is 26.5 Å². The Morgan fingerprint density at radius 3 is 2.43 bits per heavy atom. The van der Waals surface area contributed by atoms with Crippen LogP contribution in [0.5, 0.6) is 0 Å². The maximum absolute atomic E-state index is 12.1. The van der Waals surface area contributed by atoms with Gasteiger partial charge in [0.25, 0.3) is 0 Å². The number of carbonyl (C=O) groups excluding carboxylic acids is 2. The van der Waals surface area contributed by atoms with Crippen LogP contribution in [-0.2, 0) is 16.1 Å². The highest BCUT2D eigenvalue weighted by molar-refractivity contribution is 5.87. The molecular weight excluding hydrogens is 339 g/mol. The molecule has 1 atom stereocenters. The van der Waals surface area contributed by atoms with Crippen molar-refractivity contribution in [3.05, 3.63) is 30.1 Å². The van der Waals surface area contributed by atoms with Crippen LogP contribution < -0.4 is 11.1 Å². The first-order valence-electron chi connectivity index (χ1n) is 7.16. The lowest BCUT2D eigenvalue weighted by molar-refractivity contribution is -0.133. The molecular formula is C15H26Cl2N4O2. The maximum Gasteiger partial charge on any atom is 0.242 e. The van der Waals surface area contributed by atoms with Gasteiger partial charge in [0.05, 0.1) is 24.8 Å². The number of aromatic nitrogens is 1. The number of hydrogen-bond acceptors (Lipinski definition) is 4. The Labute approximate surface area is 150 Å². The summed E-state index contributed by atoms with van der Waals surface area (Å²) in [5.74, 6) is -0.407. The molecule has 3 N–H and O–H groups in total. The number of nitrogens with one attached hydrogen (secondary N) is 1. The van der Waals surface area contributed by atoms with Crippen LogP contribution in [0.3, 0.4) is 0 Å². The minimum atomic E-state index is -0.594. The zero-order valence-electron chi connectivity index (χ0n) is 13.7. The van der Waals surface area contributed by atoms with Gasteiger partial charge in [0.1, 0.15) is 0 Å². The van der Waals surface area contributed by atoms with E-state index in [9.17, 15) is 9.59 Å². The second-order valence-corrected chi connectivity index (χ2v) is 5.22. The zero-order valence-corrected chi connectivity index (χ0v) is 15.3. The Kier molecular flexibility index (Phi) is 12.6. The molecule has 132 valence electrons. The van der Waals surface area contributed by atoms with E-state index >= 15 is 0 Å². The molecule has 8 heteroatoms. The van der Waals surface area contributed by atoms with Gasteiger partial charge in [-0.15, -0.1) is 24.8 Å². The van der Waals surface area contributed by atoms with Crippen LogP contribution in [-0.4, -0.2) is 40.8 Å². The predicted molar refractivity (Wildman–Crippen MR) is 95.6 cm³/mol. The summed E-state index contributed by atoms with van der Waals surface area (Å²) in [5.41, 5.74) is 6.55. The predicted octanol–water partition coefficient (Wildman–Crippen LogP) is 1.37. The van der Waals surface area contributed by atoms with E-state index in [1.54, 1.807) is 11.1 Å². The summed E-state index contributed by atoms with van der Waals surface area (Å²) >= 11 is 0. The molecule has 1 rings (SSSR count). The van der Waals surface area contributed by atoms with Crippen molar-refractivity contribution in [1.82, 2.24) is 15.2 Å². The molecule has 0 aliphatic carbocycles. The van der Waals surface area contributed by atoms with Gasteiger partial charge in [-0.2, -0.15) is 0 Å². The molecule has 0 unspecified atom stereocenters. The van der Waals surface area contributed by atoms with Crippen molar-refractivity contribution in [3.8, 4) is 0 Å². The third kappa shape index (κ3) is 8.16. The number of pyridine rings is 1. The summed E-state index contributed by atoms with van der Waals surface area (Å²) in [6, 6.07) is 4.98. The van der Waals surface area contributed by atoms with Crippen LogP contribution in [0.25, 0.3) is 0 Å². The first-order chi connectivity index (χ1) is 9.95. The highest BCUT2D eigenvalue weighted by atomic mass is 35.5. The van der Waals surface area contributed by atoms with Gasteiger partial charge in [0.2, 0.25) is 11.8 Å². The van der Waals surface area contributed by atoms with Gasteiger partial charge in [-0.1, -0.05) is 19.9 Å². The minimum Gasteiger partial charge on any atom is -0.346 e. The Hall–Kier alpha value is -1.37. The van der Waals surface area contributed by atoms with Gasteiger partial charge in [-0.05, 0) is 25.0 Å². The van der Waals surface area contributed by atoms with E-state index in [0.717, 1.165) is 5.69 Å². The van der Waals surface area contributed by atoms with E-state index in [0.29, 0.717) is 13.1 Å². The Bertz CT molecular complexity index is 472. The van der Waals surface area contributed by atoms with Crippen molar-refractivity contribution in [2.24, 2.45) is 11.7 Å². The second kappa shape index (κ2) is 12.1. The second-order valence-electron chi connectivity index (χ2n) is 5.22. The standard InChI is InChI=1S/C15H24N4O2.2ClH/c1-4-19(10-12-7-5-6-8-17-12)13(20)9-18-15(21)14(16)11(2)3;;/h5-8,11,14H,4,9-10,16H2,1-3H3,(H,18,21);2*1H/t14-;;/m0../s1. The Balaban J connectivity index is 0. The van der Waals surface area contributed by atoms with E-state index in [1.165, 1.54) is 0 Å². The minimum absolute atomic E-state index is 0. The van der Waals surface area contributed by atoms with Crippen LogP contribution in [0, 0.1) is 5.92 Å². The zero-order chi connectivity index (χ0) is 15.8. The summed E-state index contributed by atoms with van der Waals surface area (Å²) in [6.07, 6.45) is 1.69. The highest BCUT2D eigenvalue weighted by Gasteiger charge is 2.19. The van der Waals surface area contributed by atoms with Crippen LogP contribution in [0.4, 0.5) is 0 Å². The number of rotatable bonds is 7. The number of likely N-dealkylation sites (N-methyl/N-ethyl adjacent to an activating group) is 1. The topological polar surface area (TPSA) is 88.3 Å². The molecule has 0 aliphatic heterocycles. The molecule has 0 aromatic carbocycles. The van der Waals surface area contributed by atoms with Crippen molar-refractivity contribution in [2.75, 3.05) is 13.1 Å². The molecule has 0 aliphatic rings. The monoisotopic (exact) mass is 364 g/mol. The third-order valence-electron chi connectivity index (χ3n) is 3.25. The molecule has 0 saturated heterocycles. The lowest BCUT2D eigenvalue weighted by Crippen LogP contribution is -2.47. The summed E-state index contributed by atoms with van der Waals surface area (Å²) in [5, 5.41) is 2.59. The number of halogens is 2. The summed E-state index contributed by atoms with van der Waals surface area (Å²) in [4.78, 5) is 29.7. The molecule has 1 aromatic heterocycles. The average Bonchev–Trinajstić information content (AvgIpc) is 2.49. The number of nitrogens with zero attached hydrogens (tertiary/aromatic N) is 2. The summed E-state index contributed by atoms with van der Waals surface area (Å²) in [7, 11) is 0. The lowest BCUT2D eigenvalue weighted by atomic mass is 10.1. The van der Waals surface area contributed by atoms with E-state index < -0.39 is 6.04 Å². The molecule has 2 amide bonds. The third-order valence-corrected chi connectivity index (χ3v) is 3.25. The van der Waals surface area contributed by atoms with Gasteiger partial charge in [0.15, 0.2) is 0 Å². The highest BCUT2D eigenvalue weighted by Crippen LogP contribution is 2.02. The van der Waals surface area contributed by atoms with Crippen molar-refractivity contribution in [3.63, 3.8) is 0 Å². The normalized spacial score (nSPS) is 11.0. The van der Waals surface area contributed by atoms with Crippen molar-refractivity contribution >= 4 is 36.6 Å². The fourth-order valence-corrected chi connectivity index (χ4v) is 1.76. The largest absolute Gasteiger partial charge is 0.346 e. The van der Waals surface area contributed by atoms with Crippen LogP contribution in [0.2, 0.25) is 0 Å². The summed E-state index contributed by atoms with van der Waals surface area (Å²) < 4.78 is 0. The maximum atomic E-state index is 12.1. The first kappa shape index (κ1) is 23.9. The SMILES string of the molecule is CCN(Cc1ccccn1)C(=O)CNC(=O)[C@@H](N)C(C)C.Cl.Cl. The molecule has 0 bridgehead atoms. The molecule has 0 spiro atoms. The van der Waals surface area contributed by atoms with Gasteiger partial charge in [-0.3, -0.25) is 14.6 Å². The number of amides is 2. The number of carbonyl (C=O) groups is 2. The molecule has 23 heavy (non-hydrogen) atoms. The van der Waals surface area contributed by atoms with Gasteiger partial charge >= 0.3 is 0 Å². The lowest BCUT2D eigenvalue weighted by Gasteiger charge is -2.21. The molecule has 1 heterocycles. The molecule has 0 radical (unpaired) electrons. The van der Waals surface area contributed by atoms with E-state index in [4.69, 9.17) is 5.73 Å².